The number of benzene rings is 1. The van der Waals surface area contributed by atoms with Crippen LogP contribution in [0.2, 0.25) is 0 Å². The minimum atomic E-state index is -0.278. The van der Waals surface area contributed by atoms with E-state index in [1.807, 2.05) is 43.3 Å². The summed E-state index contributed by atoms with van der Waals surface area (Å²) in [5.74, 6) is 0.457. The van der Waals surface area contributed by atoms with E-state index < -0.39 is 0 Å². The molecule has 6 nitrogen and oxygen atoms in total. The van der Waals surface area contributed by atoms with Gasteiger partial charge in [0, 0.05) is 35.0 Å². The summed E-state index contributed by atoms with van der Waals surface area (Å²) < 4.78 is 5.69. The summed E-state index contributed by atoms with van der Waals surface area (Å²) in [4.78, 5) is 27.7. The molecule has 1 aliphatic heterocycles. The van der Waals surface area contributed by atoms with E-state index in [4.69, 9.17) is 4.74 Å². The fourth-order valence-corrected chi connectivity index (χ4v) is 3.23. The number of para-hydroxylation sites is 2. The van der Waals surface area contributed by atoms with E-state index in [2.05, 4.69) is 10.6 Å². The number of likely N-dealkylation sites (N-methyl/N-ethyl adjacent to an activating group) is 1. The number of rotatable bonds is 6. The van der Waals surface area contributed by atoms with Crippen LogP contribution in [0.25, 0.3) is 12.2 Å². The van der Waals surface area contributed by atoms with E-state index in [0.29, 0.717) is 18.0 Å². The number of ether oxygens (including phenoxy) is 1. The van der Waals surface area contributed by atoms with Gasteiger partial charge in [0.2, 0.25) is 5.91 Å². The molecule has 2 N–H and O–H groups in total. The molecule has 0 radical (unpaired) electrons. The van der Waals surface area contributed by atoms with Crippen molar-refractivity contribution in [3.8, 4) is 5.75 Å². The number of nitrogens with one attached hydrogen (secondary N) is 2. The fraction of sp³-hybridized carbons (Fsp3) is 0.200. The largest absolute Gasteiger partial charge is 0.449 e. The van der Waals surface area contributed by atoms with E-state index in [1.165, 1.54) is 17.4 Å². The molecule has 0 aliphatic carbocycles. The molecular weight excluding hydrogens is 362 g/mol. The zero-order valence-corrected chi connectivity index (χ0v) is 16.0. The minimum Gasteiger partial charge on any atom is -0.449 e. The molecule has 0 atom stereocenters. The van der Waals surface area contributed by atoms with Crippen LogP contribution < -0.4 is 15.4 Å². The topological polar surface area (TPSA) is 70.7 Å². The fourth-order valence-electron chi connectivity index (χ4n) is 2.39. The van der Waals surface area contributed by atoms with Crippen LogP contribution in [0.3, 0.4) is 0 Å². The molecule has 27 heavy (non-hydrogen) atoms. The highest BCUT2D eigenvalue weighted by Gasteiger charge is 2.21. The number of fused-ring (bicyclic) bond motifs is 1. The summed E-state index contributed by atoms with van der Waals surface area (Å²) in [6.07, 6.45) is 4.97. The average Bonchev–Trinajstić information content (AvgIpc) is 3.08. The molecule has 1 aromatic heterocycles. The van der Waals surface area contributed by atoms with Crippen LogP contribution in [0.4, 0.5) is 5.69 Å². The first-order chi connectivity index (χ1) is 13.0. The van der Waals surface area contributed by atoms with Gasteiger partial charge in [-0.15, -0.1) is 11.3 Å². The van der Waals surface area contributed by atoms with Crippen LogP contribution in [0.15, 0.2) is 48.2 Å². The number of anilines is 1. The van der Waals surface area contributed by atoms with Crippen molar-refractivity contribution in [1.82, 2.24) is 10.2 Å². The zero-order chi connectivity index (χ0) is 19.2. The maximum atomic E-state index is 12.2. The quantitative estimate of drug-likeness (QED) is 0.753. The third-order valence-corrected chi connectivity index (χ3v) is 4.75. The summed E-state index contributed by atoms with van der Waals surface area (Å²) in [7, 11) is 3.91. The van der Waals surface area contributed by atoms with Crippen molar-refractivity contribution < 1.29 is 14.3 Å². The monoisotopic (exact) mass is 383 g/mol. The average molecular weight is 383 g/mol. The Morgan fingerprint density at radius 2 is 2.00 bits per heavy atom. The van der Waals surface area contributed by atoms with E-state index in [-0.39, 0.29) is 17.6 Å². The Balaban J connectivity index is 1.62. The third-order valence-electron chi connectivity index (χ3n) is 3.76. The Kier molecular flexibility index (Phi) is 6.05. The first-order valence-electron chi connectivity index (χ1n) is 8.52. The van der Waals surface area contributed by atoms with Crippen molar-refractivity contribution in [3.05, 3.63) is 58.0 Å². The summed E-state index contributed by atoms with van der Waals surface area (Å²) in [5.41, 5.74) is 0.662. The molecule has 0 bridgehead atoms. The Hall–Kier alpha value is -2.90. The van der Waals surface area contributed by atoms with E-state index in [9.17, 15) is 9.59 Å². The Bertz CT molecular complexity index is 899. The molecule has 2 heterocycles. The van der Waals surface area contributed by atoms with Gasteiger partial charge in [-0.05, 0) is 44.4 Å². The van der Waals surface area contributed by atoms with Crippen LogP contribution in [-0.4, -0.2) is 43.9 Å². The van der Waals surface area contributed by atoms with Gasteiger partial charge >= 0.3 is 0 Å². The molecule has 0 fully saturated rings. The predicted octanol–water partition coefficient (Wildman–Crippen LogP) is 2.81. The molecule has 2 amide bonds. The van der Waals surface area contributed by atoms with Crippen LogP contribution in [0, 0.1) is 0 Å². The zero-order valence-electron chi connectivity index (χ0n) is 15.2. The smallest absolute Gasteiger partial charge is 0.291 e. The van der Waals surface area contributed by atoms with Crippen molar-refractivity contribution in [3.63, 3.8) is 0 Å². The van der Waals surface area contributed by atoms with Crippen LogP contribution in [0.5, 0.6) is 5.75 Å². The molecular formula is C20H21N3O3S. The Labute approximate surface area is 162 Å². The third kappa shape index (κ3) is 5.29. The van der Waals surface area contributed by atoms with Gasteiger partial charge < -0.3 is 20.3 Å². The second-order valence-electron chi connectivity index (χ2n) is 6.23. The van der Waals surface area contributed by atoms with Crippen molar-refractivity contribution in [2.24, 2.45) is 0 Å². The highest BCUT2D eigenvalue weighted by molar-refractivity contribution is 7.13. The van der Waals surface area contributed by atoms with Crippen LogP contribution in [0.1, 0.15) is 9.75 Å². The molecule has 1 aliphatic rings. The minimum absolute atomic E-state index is 0.128. The molecule has 0 unspecified atom stereocenters. The summed E-state index contributed by atoms with van der Waals surface area (Å²) in [6, 6.07) is 11.1. The maximum absolute atomic E-state index is 12.2. The van der Waals surface area contributed by atoms with Crippen molar-refractivity contribution in [2.45, 2.75) is 0 Å². The van der Waals surface area contributed by atoms with Gasteiger partial charge in [-0.2, -0.15) is 0 Å². The number of amides is 2. The lowest BCUT2D eigenvalue weighted by Crippen LogP contribution is -2.30. The standard InChI is InChI=1S/C20H21N3O3S/c1-23(2)12-11-21-19(24)10-9-14-7-8-15(27-14)13-18-20(25)22-16-5-3-4-6-17(16)26-18/h3-10,13H,11-12H2,1-2H3,(H,21,24)(H,22,25)/b10-9+,18-13-. The van der Waals surface area contributed by atoms with Crippen LogP contribution in [-0.2, 0) is 9.59 Å². The second-order valence-corrected chi connectivity index (χ2v) is 7.38. The van der Waals surface area contributed by atoms with Crippen molar-refractivity contribution in [1.29, 1.82) is 0 Å². The van der Waals surface area contributed by atoms with Crippen molar-refractivity contribution >= 4 is 41.0 Å². The molecule has 3 rings (SSSR count). The SMILES string of the molecule is CN(C)CCNC(=O)/C=C/c1ccc(/C=C2\Oc3ccccc3NC2=O)s1. The van der Waals surface area contributed by atoms with Crippen molar-refractivity contribution in [2.75, 3.05) is 32.5 Å². The first-order valence-corrected chi connectivity index (χ1v) is 9.33. The lowest BCUT2D eigenvalue weighted by atomic mass is 10.2. The van der Waals surface area contributed by atoms with E-state index in [1.54, 1.807) is 24.3 Å². The number of hydrogen-bond donors (Lipinski definition) is 2. The highest BCUT2D eigenvalue weighted by Crippen LogP contribution is 2.31. The second kappa shape index (κ2) is 8.66. The molecule has 7 heteroatoms. The molecule has 0 saturated carbocycles. The predicted molar refractivity (Wildman–Crippen MR) is 109 cm³/mol. The molecule has 140 valence electrons. The van der Waals surface area contributed by atoms with E-state index >= 15 is 0 Å². The normalized spacial score (nSPS) is 14.9. The summed E-state index contributed by atoms with van der Waals surface area (Å²) in [5, 5.41) is 5.63. The van der Waals surface area contributed by atoms with Gasteiger partial charge in [-0.3, -0.25) is 9.59 Å². The number of nitrogens with zero attached hydrogens (tertiary/aromatic N) is 1. The lowest BCUT2D eigenvalue weighted by Gasteiger charge is -2.19. The number of thiophene rings is 1. The highest BCUT2D eigenvalue weighted by atomic mass is 32.1. The number of carbonyl (C=O) groups excluding carboxylic acids is 2. The Morgan fingerprint density at radius 1 is 1.22 bits per heavy atom. The van der Waals surface area contributed by atoms with Gasteiger partial charge in [0.25, 0.3) is 5.91 Å². The van der Waals surface area contributed by atoms with Gasteiger partial charge in [0.05, 0.1) is 5.69 Å². The number of carbonyl (C=O) groups is 2. The van der Waals surface area contributed by atoms with Gasteiger partial charge in [-0.25, -0.2) is 0 Å². The summed E-state index contributed by atoms with van der Waals surface area (Å²) in [6.45, 7) is 1.40. The van der Waals surface area contributed by atoms with Gasteiger partial charge in [0.15, 0.2) is 11.5 Å². The maximum Gasteiger partial charge on any atom is 0.291 e. The molecule has 2 aromatic rings. The summed E-state index contributed by atoms with van der Waals surface area (Å²) >= 11 is 1.47. The van der Waals surface area contributed by atoms with Gasteiger partial charge in [-0.1, -0.05) is 12.1 Å². The molecule has 0 spiro atoms. The number of hydrogen-bond acceptors (Lipinski definition) is 5. The molecule has 1 aromatic carbocycles. The Morgan fingerprint density at radius 3 is 2.81 bits per heavy atom. The van der Waals surface area contributed by atoms with E-state index in [0.717, 1.165) is 16.3 Å². The van der Waals surface area contributed by atoms with Crippen LogP contribution >= 0.6 is 11.3 Å². The molecule has 0 saturated heterocycles. The lowest BCUT2D eigenvalue weighted by molar-refractivity contribution is -0.116. The van der Waals surface area contributed by atoms with Gasteiger partial charge in [0.1, 0.15) is 0 Å². The first kappa shape index (κ1) is 18.9.